The van der Waals surface area contributed by atoms with Gasteiger partial charge in [-0.25, -0.2) is 4.48 Å². The Morgan fingerprint density at radius 2 is 1.67 bits per heavy atom. The van der Waals surface area contributed by atoms with Crippen LogP contribution in [0, 0.1) is 0 Å². The first kappa shape index (κ1) is 30.0. The molecule has 3 heterocycles. The van der Waals surface area contributed by atoms with Crippen LogP contribution in [0.1, 0.15) is 12.8 Å². The molecule has 0 saturated carbocycles. The van der Waals surface area contributed by atoms with Crippen LogP contribution in [0.15, 0.2) is 76.4 Å². The third-order valence-corrected chi connectivity index (χ3v) is 7.70. The van der Waals surface area contributed by atoms with Gasteiger partial charge in [0.1, 0.15) is 11.8 Å². The van der Waals surface area contributed by atoms with Crippen LogP contribution < -0.4 is 20.3 Å². The number of carbonyl (C=O) groups is 1. The molecule has 1 atom stereocenters. The van der Waals surface area contributed by atoms with Gasteiger partial charge in [-0.15, -0.1) is 18.3 Å². The molecule has 0 amide bonds. The molecule has 0 N–H and O–H groups in total. The molecule has 2 aromatic carbocycles. The van der Waals surface area contributed by atoms with Crippen molar-refractivity contribution >= 4 is 28.2 Å². The Bertz CT molecular complexity index is 1770. The van der Waals surface area contributed by atoms with E-state index in [-0.39, 0.29) is 27.7 Å². The number of carbonyl (C=O) groups excluding carboxylic acids is 1. The standard InChI is InChI=1S/C30H31F3N5O5/c1-38(2,25-11-7-17-36(28(25)40)19-18-35-16-6-10-24(35)29(41)42-3)26-22-8-4-5-9-23(22)27(39)37(34-26)20-12-14-21(15-13-20)43-30(31,32)33/h4-5,7-9,11-15,17,24H,6,10,16,18-19H2,1-3H3/q+1/t24-/m0/s1. The number of alkyl halides is 3. The van der Waals surface area contributed by atoms with E-state index in [1.54, 1.807) is 61.3 Å². The van der Waals surface area contributed by atoms with Crippen molar-refractivity contribution in [1.29, 1.82) is 0 Å². The third-order valence-electron chi connectivity index (χ3n) is 7.70. The summed E-state index contributed by atoms with van der Waals surface area (Å²) in [7, 11) is 4.92. The van der Waals surface area contributed by atoms with E-state index in [4.69, 9.17) is 4.74 Å². The number of quaternary nitrogens is 1. The van der Waals surface area contributed by atoms with E-state index >= 15 is 0 Å². The first-order valence-corrected chi connectivity index (χ1v) is 13.7. The Kier molecular flexibility index (Phi) is 8.12. The van der Waals surface area contributed by atoms with Gasteiger partial charge in [0.25, 0.3) is 11.4 Å². The van der Waals surface area contributed by atoms with Crippen LogP contribution in [0.2, 0.25) is 0 Å². The number of ether oxygens (including phenoxy) is 2. The van der Waals surface area contributed by atoms with Crippen molar-refractivity contribution in [2.45, 2.75) is 31.8 Å². The Morgan fingerprint density at radius 1 is 0.977 bits per heavy atom. The number of halogens is 3. The summed E-state index contributed by atoms with van der Waals surface area (Å²) >= 11 is 0. The third kappa shape index (κ3) is 6.04. The number of rotatable bonds is 8. The number of nitrogens with zero attached hydrogens (tertiary/aromatic N) is 5. The molecule has 1 fully saturated rings. The van der Waals surface area contributed by atoms with Crippen LogP contribution in [-0.2, 0) is 16.1 Å². The van der Waals surface area contributed by atoms with Gasteiger partial charge in [-0.2, -0.15) is 4.68 Å². The molecule has 1 saturated heterocycles. The number of esters is 1. The van der Waals surface area contributed by atoms with Gasteiger partial charge >= 0.3 is 17.9 Å². The quantitative estimate of drug-likeness (QED) is 0.224. The van der Waals surface area contributed by atoms with Gasteiger partial charge in [0.15, 0.2) is 0 Å². The fourth-order valence-electron chi connectivity index (χ4n) is 5.52. The molecule has 2 aromatic heterocycles. The molecule has 226 valence electrons. The highest BCUT2D eigenvalue weighted by Crippen LogP contribution is 2.32. The Labute approximate surface area is 244 Å². The monoisotopic (exact) mass is 598 g/mol. The highest BCUT2D eigenvalue weighted by molar-refractivity contribution is 5.91. The first-order valence-electron chi connectivity index (χ1n) is 13.7. The number of hydrogen-bond acceptors (Lipinski definition) is 7. The fourth-order valence-corrected chi connectivity index (χ4v) is 5.52. The normalized spacial score (nSPS) is 16.0. The highest BCUT2D eigenvalue weighted by Gasteiger charge is 2.34. The minimum absolute atomic E-state index is 0.135. The van der Waals surface area contributed by atoms with Crippen LogP contribution in [0.25, 0.3) is 16.5 Å². The fraction of sp³-hybridized carbons (Fsp3) is 0.333. The first-order chi connectivity index (χ1) is 20.4. The summed E-state index contributed by atoms with van der Waals surface area (Å²) in [6.45, 7) is 1.56. The zero-order valence-corrected chi connectivity index (χ0v) is 23.9. The molecule has 1 aliphatic heterocycles. The second kappa shape index (κ2) is 11.7. The molecule has 1 aliphatic rings. The van der Waals surface area contributed by atoms with Crippen molar-refractivity contribution < 1.29 is 27.4 Å². The molecule has 43 heavy (non-hydrogen) atoms. The summed E-state index contributed by atoms with van der Waals surface area (Å²) in [6.07, 6.45) is -1.59. The molecular weight excluding hydrogens is 567 g/mol. The summed E-state index contributed by atoms with van der Waals surface area (Å²) in [6, 6.07) is 14.8. The number of aromatic nitrogens is 3. The van der Waals surface area contributed by atoms with Crippen molar-refractivity contribution in [2.75, 3.05) is 34.3 Å². The van der Waals surface area contributed by atoms with Crippen molar-refractivity contribution in [1.82, 2.24) is 23.7 Å². The second-order valence-electron chi connectivity index (χ2n) is 10.7. The number of likely N-dealkylation sites (tertiary alicyclic amines) is 1. The number of methoxy groups -OCH3 is 1. The van der Waals surface area contributed by atoms with E-state index in [9.17, 15) is 27.6 Å². The Hall–Kier alpha value is -4.49. The molecule has 10 nitrogen and oxygen atoms in total. The molecular formula is C30H31F3N5O5+. The van der Waals surface area contributed by atoms with E-state index < -0.39 is 17.7 Å². The summed E-state index contributed by atoms with van der Waals surface area (Å²) in [5, 5.41) is 5.50. The molecule has 0 aliphatic carbocycles. The molecule has 5 rings (SSSR count). The predicted octanol–water partition coefficient (Wildman–Crippen LogP) is 3.98. The second-order valence-corrected chi connectivity index (χ2v) is 10.7. The average molecular weight is 599 g/mol. The molecule has 0 unspecified atom stereocenters. The van der Waals surface area contributed by atoms with Crippen LogP contribution in [0.3, 0.4) is 0 Å². The lowest BCUT2D eigenvalue weighted by atomic mass is 10.1. The molecule has 4 aromatic rings. The van der Waals surface area contributed by atoms with Gasteiger partial charge in [0.2, 0.25) is 5.69 Å². The number of hydrogen-bond donors (Lipinski definition) is 0. The maximum atomic E-state index is 13.8. The van der Waals surface area contributed by atoms with Crippen molar-refractivity contribution in [3.63, 3.8) is 0 Å². The van der Waals surface area contributed by atoms with E-state index in [0.717, 1.165) is 29.8 Å². The molecule has 0 radical (unpaired) electrons. The van der Waals surface area contributed by atoms with Gasteiger partial charge in [-0.1, -0.05) is 12.1 Å². The maximum absolute atomic E-state index is 13.8. The van der Waals surface area contributed by atoms with E-state index in [2.05, 4.69) is 9.84 Å². The largest absolute Gasteiger partial charge is 0.573 e. The Balaban J connectivity index is 1.53. The molecule has 0 spiro atoms. The van der Waals surface area contributed by atoms with Gasteiger partial charge in [-0.3, -0.25) is 19.3 Å². The van der Waals surface area contributed by atoms with Crippen LogP contribution in [-0.4, -0.2) is 71.9 Å². The van der Waals surface area contributed by atoms with Gasteiger partial charge in [-0.05, 0) is 61.9 Å². The van der Waals surface area contributed by atoms with E-state index in [1.165, 1.54) is 19.2 Å². The van der Waals surface area contributed by atoms with Crippen molar-refractivity contribution in [3.05, 3.63) is 87.6 Å². The zero-order chi connectivity index (χ0) is 30.9. The number of benzene rings is 2. The topological polar surface area (TPSA) is 95.7 Å². The maximum Gasteiger partial charge on any atom is 0.573 e. The number of fused-ring (bicyclic) bond motifs is 1. The summed E-state index contributed by atoms with van der Waals surface area (Å²) in [4.78, 5) is 41.5. The number of pyridine rings is 1. The smallest absolute Gasteiger partial charge is 0.468 e. The highest BCUT2D eigenvalue weighted by atomic mass is 19.4. The lowest BCUT2D eigenvalue weighted by molar-refractivity contribution is -0.274. The van der Waals surface area contributed by atoms with Crippen molar-refractivity contribution in [3.8, 4) is 11.4 Å². The van der Waals surface area contributed by atoms with Crippen LogP contribution >= 0.6 is 0 Å². The molecule has 0 bridgehead atoms. The van der Waals surface area contributed by atoms with Gasteiger partial charge < -0.3 is 14.0 Å². The zero-order valence-electron chi connectivity index (χ0n) is 23.9. The van der Waals surface area contributed by atoms with E-state index in [0.29, 0.717) is 41.8 Å². The minimum Gasteiger partial charge on any atom is -0.468 e. The predicted molar refractivity (Wildman–Crippen MR) is 155 cm³/mol. The summed E-state index contributed by atoms with van der Waals surface area (Å²) < 4.78 is 49.4. The van der Waals surface area contributed by atoms with Gasteiger partial charge in [0, 0.05) is 25.4 Å². The lowest BCUT2D eigenvalue weighted by Gasteiger charge is -2.29. The summed E-state index contributed by atoms with van der Waals surface area (Å²) in [5.74, 6) is -0.337. The van der Waals surface area contributed by atoms with Crippen LogP contribution in [0.4, 0.5) is 24.7 Å². The molecule has 13 heteroatoms. The Morgan fingerprint density at radius 3 is 2.35 bits per heavy atom. The average Bonchev–Trinajstić information content (AvgIpc) is 3.45. The van der Waals surface area contributed by atoms with Crippen LogP contribution in [0.5, 0.6) is 5.75 Å². The lowest BCUT2D eigenvalue weighted by Crippen LogP contribution is -2.44. The summed E-state index contributed by atoms with van der Waals surface area (Å²) in [5.41, 5.74) is -0.133. The van der Waals surface area contributed by atoms with Gasteiger partial charge in [0.05, 0.1) is 37.7 Å². The SMILES string of the molecule is COC(=O)[C@@H]1CCCN1CCn1cccc([N+](C)(C)c2nn(-c3ccc(OC(F)(F)F)cc3)c(=O)c3ccccc23)c1=O. The van der Waals surface area contributed by atoms with Crippen molar-refractivity contribution in [2.24, 2.45) is 0 Å². The minimum atomic E-state index is -4.85. The van der Waals surface area contributed by atoms with E-state index in [1.807, 2.05) is 4.90 Å².